The Morgan fingerprint density at radius 2 is 1.57 bits per heavy atom. The fraction of sp³-hybridized carbons (Fsp3) is 0.200. The fourth-order valence-electron chi connectivity index (χ4n) is 2.86. The van der Waals surface area contributed by atoms with E-state index in [4.69, 9.17) is 16.3 Å². The molecule has 4 N–H and O–H groups in total. The number of hydrazine groups is 1. The Morgan fingerprint density at radius 3 is 2.20 bits per heavy atom. The van der Waals surface area contributed by atoms with Crippen molar-refractivity contribution in [2.24, 2.45) is 0 Å². The molecule has 2 amide bonds. The molecule has 0 spiro atoms. The van der Waals surface area contributed by atoms with Crippen LogP contribution in [0.1, 0.15) is 28.4 Å². The van der Waals surface area contributed by atoms with Gasteiger partial charge in [-0.3, -0.25) is 30.0 Å². The van der Waals surface area contributed by atoms with Crippen LogP contribution in [0.25, 0.3) is 11.0 Å². The topological polar surface area (TPSA) is 133 Å². The monoisotopic (exact) mass is 430 g/mol. The van der Waals surface area contributed by atoms with E-state index in [2.05, 4.69) is 20.8 Å². The number of carbonyl (C=O) groups excluding carboxylic acids is 2. The highest BCUT2D eigenvalue weighted by Gasteiger charge is 2.18. The van der Waals surface area contributed by atoms with Gasteiger partial charge in [0.15, 0.2) is 6.10 Å². The van der Waals surface area contributed by atoms with Crippen LogP contribution in [0, 0.1) is 13.8 Å². The van der Waals surface area contributed by atoms with Gasteiger partial charge in [0.05, 0.1) is 11.0 Å². The second kappa shape index (κ2) is 8.42. The average molecular weight is 431 g/mol. The van der Waals surface area contributed by atoms with Crippen molar-refractivity contribution in [3.63, 3.8) is 0 Å². The molecule has 1 aromatic heterocycles. The molecule has 0 saturated heterocycles. The minimum atomic E-state index is -0.887. The van der Waals surface area contributed by atoms with Crippen LogP contribution in [0.3, 0.4) is 0 Å². The summed E-state index contributed by atoms with van der Waals surface area (Å²) < 4.78 is 5.72. The second-order valence-corrected chi connectivity index (χ2v) is 7.18. The number of ether oxygens (including phenoxy) is 1. The third-order valence-corrected chi connectivity index (χ3v) is 4.59. The molecular formula is C20H19ClN4O5. The molecule has 0 aliphatic heterocycles. The summed E-state index contributed by atoms with van der Waals surface area (Å²) >= 11 is 6.00. The average Bonchev–Trinajstić information content (AvgIpc) is 2.68. The molecule has 1 atom stereocenters. The van der Waals surface area contributed by atoms with Crippen LogP contribution in [0.2, 0.25) is 5.02 Å². The Kier molecular flexibility index (Phi) is 5.93. The molecule has 0 fully saturated rings. The Labute approximate surface area is 175 Å². The predicted molar refractivity (Wildman–Crippen MR) is 112 cm³/mol. The molecule has 0 bridgehead atoms. The van der Waals surface area contributed by atoms with Crippen LogP contribution in [-0.2, 0) is 4.79 Å². The predicted octanol–water partition coefficient (Wildman–Crippen LogP) is 1.72. The van der Waals surface area contributed by atoms with Gasteiger partial charge in [-0.1, -0.05) is 11.6 Å². The van der Waals surface area contributed by atoms with Gasteiger partial charge in [0.2, 0.25) is 0 Å². The van der Waals surface area contributed by atoms with E-state index >= 15 is 0 Å². The first-order chi connectivity index (χ1) is 14.2. The quantitative estimate of drug-likeness (QED) is 0.369. The summed E-state index contributed by atoms with van der Waals surface area (Å²) in [4.78, 5) is 52.2. The van der Waals surface area contributed by atoms with Crippen molar-refractivity contribution in [2.45, 2.75) is 26.9 Å². The fourth-order valence-corrected chi connectivity index (χ4v) is 3.19. The normalized spacial score (nSPS) is 11.7. The molecule has 10 heteroatoms. The van der Waals surface area contributed by atoms with Crippen molar-refractivity contribution in [1.29, 1.82) is 0 Å². The van der Waals surface area contributed by atoms with E-state index in [-0.39, 0.29) is 11.1 Å². The molecule has 156 valence electrons. The van der Waals surface area contributed by atoms with Gasteiger partial charge in [0, 0.05) is 10.6 Å². The van der Waals surface area contributed by atoms with Crippen LogP contribution in [0.15, 0.2) is 39.9 Å². The van der Waals surface area contributed by atoms with Gasteiger partial charge in [-0.25, -0.2) is 0 Å². The molecule has 0 aliphatic rings. The van der Waals surface area contributed by atoms with E-state index in [0.29, 0.717) is 16.3 Å². The number of hydrogen-bond donors (Lipinski definition) is 4. The molecule has 2 aromatic carbocycles. The van der Waals surface area contributed by atoms with Crippen LogP contribution < -0.4 is 26.7 Å². The summed E-state index contributed by atoms with van der Waals surface area (Å²) in [6.45, 7) is 5.18. The highest BCUT2D eigenvalue weighted by Crippen LogP contribution is 2.27. The Bertz CT molecular complexity index is 1240. The first-order valence-electron chi connectivity index (χ1n) is 8.95. The van der Waals surface area contributed by atoms with Gasteiger partial charge in [-0.15, -0.1) is 0 Å². The van der Waals surface area contributed by atoms with Gasteiger partial charge in [-0.2, -0.15) is 0 Å². The number of amides is 2. The van der Waals surface area contributed by atoms with Gasteiger partial charge in [0.25, 0.3) is 11.8 Å². The van der Waals surface area contributed by atoms with Crippen LogP contribution in [0.4, 0.5) is 0 Å². The SMILES string of the molecule is Cc1cc(Cl)cc(C)c1OC(C)C(=O)NNC(=O)c1ccc2[nH]c(=O)c(=O)[nH]c2c1. The lowest BCUT2D eigenvalue weighted by Crippen LogP contribution is -2.47. The molecule has 3 aromatic rings. The lowest BCUT2D eigenvalue weighted by molar-refractivity contribution is -0.128. The summed E-state index contributed by atoms with van der Waals surface area (Å²) in [5.41, 5.74) is 5.37. The Hall–Kier alpha value is -3.59. The zero-order chi connectivity index (χ0) is 22.0. The van der Waals surface area contributed by atoms with Crippen molar-refractivity contribution < 1.29 is 14.3 Å². The first kappa shape index (κ1) is 21.1. The third kappa shape index (κ3) is 4.52. The largest absolute Gasteiger partial charge is 0.480 e. The molecule has 1 unspecified atom stereocenters. The van der Waals surface area contributed by atoms with E-state index < -0.39 is 29.0 Å². The maximum Gasteiger partial charge on any atom is 0.314 e. The highest BCUT2D eigenvalue weighted by molar-refractivity contribution is 6.30. The third-order valence-electron chi connectivity index (χ3n) is 4.37. The van der Waals surface area contributed by atoms with E-state index in [0.717, 1.165) is 11.1 Å². The number of H-pyrrole nitrogens is 2. The zero-order valence-corrected chi connectivity index (χ0v) is 17.1. The molecule has 0 saturated carbocycles. The van der Waals surface area contributed by atoms with Gasteiger partial charge in [0.1, 0.15) is 5.75 Å². The summed E-state index contributed by atoms with van der Waals surface area (Å²) in [7, 11) is 0. The number of aryl methyl sites for hydroxylation is 2. The Balaban J connectivity index is 1.66. The van der Waals surface area contributed by atoms with Crippen molar-refractivity contribution in [3.05, 3.63) is 72.8 Å². The summed E-state index contributed by atoms with van der Waals surface area (Å²) in [5.74, 6) is -0.625. The smallest absolute Gasteiger partial charge is 0.314 e. The second-order valence-electron chi connectivity index (χ2n) is 6.74. The summed E-state index contributed by atoms with van der Waals surface area (Å²) in [6.07, 6.45) is -0.887. The number of fused-ring (bicyclic) bond motifs is 1. The van der Waals surface area contributed by atoms with E-state index in [9.17, 15) is 19.2 Å². The number of nitrogens with one attached hydrogen (secondary N) is 4. The summed E-state index contributed by atoms with van der Waals surface area (Å²) in [6, 6.07) is 7.76. The Morgan fingerprint density at radius 1 is 0.967 bits per heavy atom. The van der Waals surface area contributed by atoms with Crippen LogP contribution in [-0.4, -0.2) is 27.9 Å². The first-order valence-corrected chi connectivity index (χ1v) is 9.33. The van der Waals surface area contributed by atoms with Crippen LogP contribution >= 0.6 is 11.6 Å². The number of carbonyl (C=O) groups is 2. The lowest BCUT2D eigenvalue weighted by Gasteiger charge is -2.18. The van der Waals surface area contributed by atoms with Crippen molar-refractivity contribution in [1.82, 2.24) is 20.8 Å². The summed E-state index contributed by atoms with van der Waals surface area (Å²) in [5, 5.41) is 0.572. The maximum absolute atomic E-state index is 12.3. The lowest BCUT2D eigenvalue weighted by atomic mass is 10.1. The van der Waals surface area contributed by atoms with E-state index in [1.54, 1.807) is 19.1 Å². The molecule has 0 radical (unpaired) electrons. The van der Waals surface area contributed by atoms with Crippen molar-refractivity contribution in [2.75, 3.05) is 0 Å². The highest BCUT2D eigenvalue weighted by atomic mass is 35.5. The molecule has 1 heterocycles. The molecule has 0 aliphatic carbocycles. The van der Waals surface area contributed by atoms with Crippen molar-refractivity contribution in [3.8, 4) is 5.75 Å². The minimum absolute atomic E-state index is 0.170. The number of benzene rings is 2. The number of hydrogen-bond acceptors (Lipinski definition) is 5. The number of rotatable bonds is 4. The van der Waals surface area contributed by atoms with Gasteiger partial charge < -0.3 is 14.7 Å². The number of aromatic nitrogens is 2. The van der Waals surface area contributed by atoms with Crippen LogP contribution in [0.5, 0.6) is 5.75 Å². The molecule has 3 rings (SSSR count). The maximum atomic E-state index is 12.3. The number of aromatic amines is 2. The standard InChI is InChI=1S/C20H19ClN4O5/c1-9-6-13(21)7-10(2)16(9)30-11(3)17(26)24-25-18(27)12-4-5-14-15(8-12)23-20(29)19(28)22-14/h4-8,11H,1-3H3,(H,22,28)(H,23,29)(H,24,26)(H,25,27). The number of halogens is 1. The van der Waals surface area contributed by atoms with E-state index in [1.807, 2.05) is 13.8 Å². The van der Waals surface area contributed by atoms with Crippen molar-refractivity contribution >= 4 is 34.4 Å². The molecular weight excluding hydrogens is 412 g/mol. The minimum Gasteiger partial charge on any atom is -0.480 e. The van der Waals surface area contributed by atoms with Gasteiger partial charge in [-0.05, 0) is 62.2 Å². The molecule has 9 nitrogen and oxygen atoms in total. The molecule has 30 heavy (non-hydrogen) atoms. The van der Waals surface area contributed by atoms with E-state index in [1.165, 1.54) is 18.2 Å². The van der Waals surface area contributed by atoms with Gasteiger partial charge >= 0.3 is 11.1 Å². The zero-order valence-electron chi connectivity index (χ0n) is 16.4.